The lowest BCUT2D eigenvalue weighted by atomic mass is 10.1. The molecule has 0 atom stereocenters. The molecular formula is C11H24IN. The first kappa shape index (κ1) is 13.7. The molecule has 0 N–H and O–H groups in total. The summed E-state index contributed by atoms with van der Waals surface area (Å²) < 4.78 is 0. The Labute approximate surface area is 100 Å². The van der Waals surface area contributed by atoms with Crippen LogP contribution in [0.4, 0.5) is 0 Å². The highest BCUT2D eigenvalue weighted by atomic mass is 127. The SMILES string of the molecule is CCCCCCN1CCCCC1.I. The molecule has 1 aliphatic rings. The van der Waals surface area contributed by atoms with Gasteiger partial charge in [0.2, 0.25) is 0 Å². The van der Waals surface area contributed by atoms with E-state index >= 15 is 0 Å². The fraction of sp³-hybridized carbons (Fsp3) is 1.00. The number of piperidine rings is 1. The van der Waals surface area contributed by atoms with Gasteiger partial charge in [-0.25, -0.2) is 0 Å². The van der Waals surface area contributed by atoms with E-state index in [1.54, 1.807) is 0 Å². The third-order valence-electron chi connectivity index (χ3n) is 2.78. The molecule has 80 valence electrons. The third-order valence-corrected chi connectivity index (χ3v) is 2.78. The zero-order chi connectivity index (χ0) is 8.65. The third kappa shape index (κ3) is 6.72. The van der Waals surface area contributed by atoms with Crippen LogP contribution < -0.4 is 0 Å². The van der Waals surface area contributed by atoms with Gasteiger partial charge in [-0.1, -0.05) is 32.6 Å². The van der Waals surface area contributed by atoms with Gasteiger partial charge in [-0.3, -0.25) is 0 Å². The van der Waals surface area contributed by atoms with Crippen LogP contribution in [-0.2, 0) is 0 Å². The van der Waals surface area contributed by atoms with Crippen LogP contribution in [0.15, 0.2) is 0 Å². The molecular weight excluding hydrogens is 273 g/mol. The first-order valence-corrected chi connectivity index (χ1v) is 5.66. The van der Waals surface area contributed by atoms with Crippen molar-refractivity contribution < 1.29 is 0 Å². The van der Waals surface area contributed by atoms with Crippen molar-refractivity contribution in [1.29, 1.82) is 0 Å². The van der Waals surface area contributed by atoms with E-state index in [-0.39, 0.29) is 24.0 Å². The van der Waals surface area contributed by atoms with Gasteiger partial charge in [0.25, 0.3) is 0 Å². The van der Waals surface area contributed by atoms with Crippen LogP contribution in [-0.4, -0.2) is 24.5 Å². The maximum absolute atomic E-state index is 2.64. The Balaban J connectivity index is 0.00000144. The highest BCUT2D eigenvalue weighted by Gasteiger charge is 2.08. The van der Waals surface area contributed by atoms with Crippen molar-refractivity contribution in [3.8, 4) is 0 Å². The average Bonchev–Trinajstić information content (AvgIpc) is 2.14. The fourth-order valence-corrected chi connectivity index (χ4v) is 1.95. The number of likely N-dealkylation sites (tertiary alicyclic amines) is 1. The van der Waals surface area contributed by atoms with Crippen LogP contribution in [0, 0.1) is 0 Å². The molecule has 0 radical (unpaired) electrons. The molecule has 0 aliphatic carbocycles. The molecule has 1 nitrogen and oxygen atoms in total. The lowest BCUT2D eigenvalue weighted by molar-refractivity contribution is 0.224. The first-order chi connectivity index (χ1) is 5.93. The smallest absolute Gasteiger partial charge is 0.00187 e. The minimum Gasteiger partial charge on any atom is -0.303 e. The molecule has 1 rings (SSSR count). The van der Waals surface area contributed by atoms with Crippen molar-refractivity contribution in [3.05, 3.63) is 0 Å². The van der Waals surface area contributed by atoms with Crippen LogP contribution in [0.25, 0.3) is 0 Å². The number of unbranched alkanes of at least 4 members (excludes halogenated alkanes) is 3. The molecule has 1 fully saturated rings. The van der Waals surface area contributed by atoms with Crippen LogP contribution in [0.2, 0.25) is 0 Å². The predicted octanol–water partition coefficient (Wildman–Crippen LogP) is 3.67. The average molecular weight is 297 g/mol. The summed E-state index contributed by atoms with van der Waals surface area (Å²) in [5.41, 5.74) is 0. The van der Waals surface area contributed by atoms with Crippen LogP contribution in [0.1, 0.15) is 51.9 Å². The molecule has 0 amide bonds. The van der Waals surface area contributed by atoms with Gasteiger partial charge < -0.3 is 4.90 Å². The Kier molecular flexibility index (Phi) is 9.74. The predicted molar refractivity (Wildman–Crippen MR) is 69.8 cm³/mol. The number of hydrogen-bond acceptors (Lipinski definition) is 1. The molecule has 1 saturated heterocycles. The van der Waals surface area contributed by atoms with Crippen molar-refractivity contribution in [1.82, 2.24) is 4.90 Å². The summed E-state index contributed by atoms with van der Waals surface area (Å²) in [6.07, 6.45) is 9.99. The molecule has 13 heavy (non-hydrogen) atoms. The molecule has 0 spiro atoms. The Morgan fingerprint density at radius 2 is 1.62 bits per heavy atom. The standard InChI is InChI=1S/C11H23N.HI/c1-2-3-4-6-9-12-10-7-5-8-11-12;/h2-11H2,1H3;1H. The maximum atomic E-state index is 2.64. The van der Waals surface area contributed by atoms with E-state index in [1.165, 1.54) is 64.6 Å². The van der Waals surface area contributed by atoms with E-state index in [0.717, 1.165) is 0 Å². The summed E-state index contributed by atoms with van der Waals surface area (Å²) >= 11 is 0. The zero-order valence-electron chi connectivity index (χ0n) is 8.93. The lowest BCUT2D eigenvalue weighted by Crippen LogP contribution is -2.30. The summed E-state index contributed by atoms with van der Waals surface area (Å²) in [6, 6.07) is 0. The molecule has 1 aliphatic heterocycles. The zero-order valence-corrected chi connectivity index (χ0v) is 11.3. The van der Waals surface area contributed by atoms with Crippen molar-refractivity contribution >= 4 is 24.0 Å². The monoisotopic (exact) mass is 297 g/mol. The highest BCUT2D eigenvalue weighted by molar-refractivity contribution is 14.0. The molecule has 0 aromatic carbocycles. The van der Waals surface area contributed by atoms with Gasteiger partial charge in [-0.2, -0.15) is 0 Å². The Morgan fingerprint density at radius 3 is 2.23 bits per heavy atom. The van der Waals surface area contributed by atoms with Crippen LogP contribution in [0.5, 0.6) is 0 Å². The maximum Gasteiger partial charge on any atom is -0.00187 e. The number of rotatable bonds is 5. The number of halogens is 1. The Morgan fingerprint density at radius 1 is 0.923 bits per heavy atom. The van der Waals surface area contributed by atoms with Gasteiger partial charge in [0.1, 0.15) is 0 Å². The minimum atomic E-state index is 0. The van der Waals surface area contributed by atoms with Gasteiger partial charge in [-0.05, 0) is 38.9 Å². The quantitative estimate of drug-likeness (QED) is 0.553. The largest absolute Gasteiger partial charge is 0.303 e. The van der Waals surface area contributed by atoms with E-state index in [4.69, 9.17) is 0 Å². The van der Waals surface area contributed by atoms with E-state index < -0.39 is 0 Å². The van der Waals surface area contributed by atoms with Crippen molar-refractivity contribution in [2.45, 2.75) is 51.9 Å². The second-order valence-corrected chi connectivity index (χ2v) is 3.96. The lowest BCUT2D eigenvalue weighted by Gasteiger charge is -2.26. The topological polar surface area (TPSA) is 3.24 Å². The number of hydrogen-bond donors (Lipinski definition) is 0. The normalized spacial score (nSPS) is 18.2. The van der Waals surface area contributed by atoms with Gasteiger partial charge in [0, 0.05) is 0 Å². The van der Waals surface area contributed by atoms with Crippen molar-refractivity contribution in [2.24, 2.45) is 0 Å². The van der Waals surface area contributed by atoms with Crippen molar-refractivity contribution in [3.63, 3.8) is 0 Å². The molecule has 0 bridgehead atoms. The summed E-state index contributed by atoms with van der Waals surface area (Å²) in [5.74, 6) is 0. The Bertz CT molecular complexity index is 100. The minimum absolute atomic E-state index is 0. The van der Waals surface area contributed by atoms with Gasteiger partial charge in [0.15, 0.2) is 0 Å². The molecule has 0 unspecified atom stereocenters. The molecule has 0 aromatic rings. The van der Waals surface area contributed by atoms with E-state index in [1.807, 2.05) is 0 Å². The van der Waals surface area contributed by atoms with Crippen LogP contribution in [0.3, 0.4) is 0 Å². The van der Waals surface area contributed by atoms with Crippen molar-refractivity contribution in [2.75, 3.05) is 19.6 Å². The van der Waals surface area contributed by atoms with Gasteiger partial charge in [-0.15, -0.1) is 24.0 Å². The highest BCUT2D eigenvalue weighted by Crippen LogP contribution is 2.10. The summed E-state index contributed by atoms with van der Waals surface area (Å²) in [6.45, 7) is 6.37. The van der Waals surface area contributed by atoms with Gasteiger partial charge >= 0.3 is 0 Å². The molecule has 1 heterocycles. The molecule has 0 aromatic heterocycles. The molecule has 0 saturated carbocycles. The summed E-state index contributed by atoms with van der Waals surface area (Å²) in [7, 11) is 0. The second kappa shape index (κ2) is 9.25. The first-order valence-electron chi connectivity index (χ1n) is 5.66. The number of nitrogens with zero attached hydrogens (tertiary/aromatic N) is 1. The Hall–Kier alpha value is 0.690. The fourth-order valence-electron chi connectivity index (χ4n) is 1.95. The van der Waals surface area contributed by atoms with E-state index in [0.29, 0.717) is 0 Å². The summed E-state index contributed by atoms with van der Waals surface area (Å²) in [5, 5.41) is 0. The second-order valence-electron chi connectivity index (χ2n) is 3.96. The van der Waals surface area contributed by atoms with Crippen LogP contribution >= 0.6 is 24.0 Å². The van der Waals surface area contributed by atoms with Gasteiger partial charge in [0.05, 0.1) is 0 Å². The molecule has 2 heteroatoms. The van der Waals surface area contributed by atoms with E-state index in [2.05, 4.69) is 11.8 Å². The van der Waals surface area contributed by atoms with E-state index in [9.17, 15) is 0 Å². The summed E-state index contributed by atoms with van der Waals surface area (Å²) in [4.78, 5) is 2.64.